The molecule has 0 aliphatic heterocycles. The third-order valence-corrected chi connectivity index (χ3v) is 4.25. The highest BCUT2D eigenvalue weighted by Gasteiger charge is 2.46. The standard InChI is InChI=1S/C17H17ClN2O3/c1-11(19-16(22)12-5-8-23-10-12)15(21)20-17(6-7-17)13-3-2-4-14(18)9-13/h2-5,8-11H,6-7H2,1H3,(H,19,22)(H,20,21). The highest BCUT2D eigenvalue weighted by Crippen LogP contribution is 2.46. The van der Waals surface area contributed by atoms with Crippen LogP contribution in [0.1, 0.15) is 35.7 Å². The fourth-order valence-electron chi connectivity index (χ4n) is 2.48. The van der Waals surface area contributed by atoms with Crippen molar-refractivity contribution < 1.29 is 14.0 Å². The SMILES string of the molecule is CC(NC(=O)c1ccoc1)C(=O)NC1(c2cccc(Cl)c2)CC1. The molecule has 1 aliphatic carbocycles. The van der Waals surface area contributed by atoms with Gasteiger partial charge in [-0.05, 0) is 43.5 Å². The molecule has 0 saturated heterocycles. The first kappa shape index (κ1) is 15.6. The van der Waals surface area contributed by atoms with Crippen molar-refractivity contribution in [1.82, 2.24) is 10.6 Å². The van der Waals surface area contributed by atoms with Crippen LogP contribution in [-0.2, 0) is 10.3 Å². The first-order valence-electron chi connectivity index (χ1n) is 7.41. The molecule has 2 N–H and O–H groups in total. The van der Waals surface area contributed by atoms with E-state index in [-0.39, 0.29) is 17.4 Å². The second-order valence-electron chi connectivity index (χ2n) is 5.79. The Hall–Kier alpha value is -2.27. The Kier molecular flexibility index (Phi) is 4.13. The monoisotopic (exact) mass is 332 g/mol. The van der Waals surface area contributed by atoms with Crippen LogP contribution in [0, 0.1) is 0 Å². The molecule has 1 fully saturated rings. The lowest BCUT2D eigenvalue weighted by Crippen LogP contribution is -2.48. The molecule has 0 bridgehead atoms. The second-order valence-corrected chi connectivity index (χ2v) is 6.23. The molecule has 23 heavy (non-hydrogen) atoms. The van der Waals surface area contributed by atoms with Crippen molar-refractivity contribution in [3.05, 3.63) is 59.0 Å². The molecule has 0 spiro atoms. The summed E-state index contributed by atoms with van der Waals surface area (Å²) < 4.78 is 4.86. The Morgan fingerprint density at radius 1 is 1.30 bits per heavy atom. The van der Waals surface area contributed by atoms with Gasteiger partial charge in [-0.2, -0.15) is 0 Å². The van der Waals surface area contributed by atoms with Crippen molar-refractivity contribution >= 4 is 23.4 Å². The van der Waals surface area contributed by atoms with Gasteiger partial charge in [0.15, 0.2) is 0 Å². The molecule has 3 rings (SSSR count). The van der Waals surface area contributed by atoms with Crippen molar-refractivity contribution in [1.29, 1.82) is 0 Å². The fourth-order valence-corrected chi connectivity index (χ4v) is 2.67. The normalized spacial score (nSPS) is 16.4. The highest BCUT2D eigenvalue weighted by atomic mass is 35.5. The van der Waals surface area contributed by atoms with Crippen LogP contribution in [0.5, 0.6) is 0 Å². The van der Waals surface area contributed by atoms with Gasteiger partial charge in [-0.1, -0.05) is 23.7 Å². The van der Waals surface area contributed by atoms with Crippen molar-refractivity contribution in [2.75, 3.05) is 0 Å². The van der Waals surface area contributed by atoms with Gasteiger partial charge in [0, 0.05) is 5.02 Å². The number of hydrogen-bond acceptors (Lipinski definition) is 3. The van der Waals surface area contributed by atoms with E-state index in [1.165, 1.54) is 12.5 Å². The predicted octanol–water partition coefficient (Wildman–Crippen LogP) is 2.86. The van der Waals surface area contributed by atoms with E-state index in [0.717, 1.165) is 18.4 Å². The molecule has 1 heterocycles. The summed E-state index contributed by atoms with van der Waals surface area (Å²) in [5.74, 6) is -0.562. The molecule has 1 atom stereocenters. The molecule has 2 amide bonds. The molecule has 6 heteroatoms. The predicted molar refractivity (Wildman–Crippen MR) is 86.1 cm³/mol. The zero-order chi connectivity index (χ0) is 16.4. The van der Waals surface area contributed by atoms with Gasteiger partial charge in [-0.25, -0.2) is 0 Å². The summed E-state index contributed by atoms with van der Waals surface area (Å²) in [4.78, 5) is 24.3. The van der Waals surface area contributed by atoms with Crippen LogP contribution in [0.2, 0.25) is 5.02 Å². The van der Waals surface area contributed by atoms with Crippen molar-refractivity contribution in [3.8, 4) is 0 Å². The smallest absolute Gasteiger partial charge is 0.255 e. The fraction of sp³-hybridized carbons (Fsp3) is 0.294. The van der Waals surface area contributed by atoms with Crippen LogP contribution in [0.15, 0.2) is 47.3 Å². The van der Waals surface area contributed by atoms with Crippen LogP contribution < -0.4 is 10.6 Å². The molecule has 1 unspecified atom stereocenters. The first-order valence-corrected chi connectivity index (χ1v) is 7.79. The first-order chi connectivity index (χ1) is 11.0. The average molecular weight is 333 g/mol. The summed E-state index contributed by atoms with van der Waals surface area (Å²) in [7, 11) is 0. The maximum atomic E-state index is 12.4. The molecule has 2 aromatic rings. The number of rotatable bonds is 5. The zero-order valence-electron chi connectivity index (χ0n) is 12.6. The largest absolute Gasteiger partial charge is 0.472 e. The number of carbonyl (C=O) groups excluding carboxylic acids is 2. The number of carbonyl (C=O) groups is 2. The number of hydrogen-bond donors (Lipinski definition) is 2. The van der Waals surface area contributed by atoms with E-state index in [1.54, 1.807) is 19.1 Å². The lowest BCUT2D eigenvalue weighted by atomic mass is 10.0. The Morgan fingerprint density at radius 3 is 2.70 bits per heavy atom. The molecule has 1 aromatic carbocycles. The van der Waals surface area contributed by atoms with Gasteiger partial charge in [0.2, 0.25) is 5.91 Å². The number of furan rings is 1. The average Bonchev–Trinajstić information content (AvgIpc) is 3.10. The number of halogens is 1. The van der Waals surface area contributed by atoms with Crippen molar-refractivity contribution in [2.24, 2.45) is 0 Å². The van der Waals surface area contributed by atoms with Gasteiger partial charge >= 0.3 is 0 Å². The maximum Gasteiger partial charge on any atom is 0.255 e. The molecule has 1 aromatic heterocycles. The molecular weight excluding hydrogens is 316 g/mol. The quantitative estimate of drug-likeness (QED) is 0.884. The van der Waals surface area contributed by atoms with Gasteiger partial charge in [0.25, 0.3) is 5.91 Å². The van der Waals surface area contributed by atoms with Crippen LogP contribution >= 0.6 is 11.6 Å². The summed E-state index contributed by atoms with van der Waals surface area (Å²) in [5, 5.41) is 6.33. The van der Waals surface area contributed by atoms with E-state index in [4.69, 9.17) is 16.0 Å². The van der Waals surface area contributed by atoms with Gasteiger partial charge in [-0.15, -0.1) is 0 Å². The highest BCUT2D eigenvalue weighted by molar-refractivity contribution is 6.30. The summed E-state index contributed by atoms with van der Waals surface area (Å²) in [6, 6.07) is 8.39. The van der Waals surface area contributed by atoms with Crippen LogP contribution in [-0.4, -0.2) is 17.9 Å². The number of benzene rings is 1. The minimum absolute atomic E-state index is 0.223. The Bertz CT molecular complexity index is 723. The number of nitrogens with one attached hydrogen (secondary N) is 2. The third-order valence-electron chi connectivity index (χ3n) is 4.01. The van der Waals surface area contributed by atoms with Crippen LogP contribution in [0.4, 0.5) is 0 Å². The Balaban J connectivity index is 1.63. The van der Waals surface area contributed by atoms with Gasteiger partial charge in [0.1, 0.15) is 12.3 Å². The van der Waals surface area contributed by atoms with Gasteiger partial charge in [0.05, 0.1) is 17.4 Å². The van der Waals surface area contributed by atoms with Crippen LogP contribution in [0.25, 0.3) is 0 Å². The van der Waals surface area contributed by atoms with E-state index in [2.05, 4.69) is 10.6 Å². The van der Waals surface area contributed by atoms with Crippen molar-refractivity contribution in [2.45, 2.75) is 31.3 Å². The Morgan fingerprint density at radius 2 is 2.09 bits per heavy atom. The van der Waals surface area contributed by atoms with Gasteiger partial charge < -0.3 is 15.1 Å². The van der Waals surface area contributed by atoms with E-state index in [0.29, 0.717) is 10.6 Å². The second kappa shape index (κ2) is 6.08. The molecule has 1 saturated carbocycles. The van der Waals surface area contributed by atoms with Gasteiger partial charge in [-0.3, -0.25) is 9.59 Å². The lowest BCUT2D eigenvalue weighted by molar-refractivity contribution is -0.123. The van der Waals surface area contributed by atoms with E-state index in [9.17, 15) is 9.59 Å². The summed E-state index contributed by atoms with van der Waals surface area (Å²) in [5.41, 5.74) is 1.02. The van der Waals surface area contributed by atoms with E-state index < -0.39 is 6.04 Å². The molecule has 120 valence electrons. The topological polar surface area (TPSA) is 71.3 Å². The summed E-state index contributed by atoms with van der Waals surface area (Å²) in [6.45, 7) is 1.65. The van der Waals surface area contributed by atoms with Crippen molar-refractivity contribution in [3.63, 3.8) is 0 Å². The molecule has 5 nitrogen and oxygen atoms in total. The summed E-state index contributed by atoms with van der Waals surface area (Å²) >= 11 is 6.03. The lowest BCUT2D eigenvalue weighted by Gasteiger charge is -2.21. The molecule has 1 aliphatic rings. The van der Waals surface area contributed by atoms with E-state index in [1.807, 2.05) is 18.2 Å². The van der Waals surface area contributed by atoms with Crippen LogP contribution in [0.3, 0.4) is 0 Å². The van der Waals surface area contributed by atoms with E-state index >= 15 is 0 Å². The Labute approximate surface area is 139 Å². The maximum absolute atomic E-state index is 12.4. The zero-order valence-corrected chi connectivity index (χ0v) is 13.4. The minimum Gasteiger partial charge on any atom is -0.472 e. The third kappa shape index (κ3) is 3.40. The number of amides is 2. The molecular formula is C17H17ClN2O3. The molecule has 0 radical (unpaired) electrons. The minimum atomic E-state index is -0.644. The summed E-state index contributed by atoms with van der Waals surface area (Å²) in [6.07, 6.45) is 4.48.